The van der Waals surface area contributed by atoms with Crippen molar-refractivity contribution in [1.82, 2.24) is 16.0 Å². The van der Waals surface area contributed by atoms with Gasteiger partial charge in [-0.25, -0.2) is 0 Å². The van der Waals surface area contributed by atoms with Crippen molar-refractivity contribution >= 4 is 23.2 Å². The first kappa shape index (κ1) is 19.4. The van der Waals surface area contributed by atoms with E-state index in [1.807, 2.05) is 17.5 Å². The second kappa shape index (κ2) is 9.55. The number of carbonyl (C=O) groups excluding carboxylic acids is 1. The van der Waals surface area contributed by atoms with E-state index < -0.39 is 0 Å². The Morgan fingerprint density at radius 2 is 1.85 bits per heavy atom. The monoisotopic (exact) mass is 384 g/mol. The molecule has 0 atom stereocenters. The van der Waals surface area contributed by atoms with Crippen LogP contribution in [0.5, 0.6) is 0 Å². The van der Waals surface area contributed by atoms with Gasteiger partial charge in [-0.3, -0.25) is 9.79 Å². The maximum absolute atomic E-state index is 11.9. The van der Waals surface area contributed by atoms with E-state index in [0.717, 1.165) is 30.3 Å². The van der Waals surface area contributed by atoms with Gasteiger partial charge in [-0.05, 0) is 36.3 Å². The van der Waals surface area contributed by atoms with Gasteiger partial charge in [0.1, 0.15) is 0 Å². The highest BCUT2D eigenvalue weighted by atomic mass is 32.1. The van der Waals surface area contributed by atoms with Crippen LogP contribution in [0.4, 0.5) is 0 Å². The number of nitrogens with zero attached hydrogens (tertiary/aromatic N) is 1. The quantitative estimate of drug-likeness (QED) is 0.372. The number of hydrogen-bond donors (Lipinski definition) is 3. The van der Waals surface area contributed by atoms with E-state index >= 15 is 0 Å². The van der Waals surface area contributed by atoms with Crippen LogP contribution in [-0.2, 0) is 5.41 Å². The molecule has 1 saturated carbocycles. The number of nitrogens with one attached hydrogen (secondary N) is 3. The molecule has 0 bridgehead atoms. The molecular weight excluding hydrogens is 356 g/mol. The standard InChI is InChI=1S/C21H28N4OS/c1-22-20(24-14-7-13-23-19(26)18-10-5-15-27-18)25-16-21(11-6-12-21)17-8-3-2-4-9-17/h2-5,8-10,15H,6-7,11-14,16H2,1H3,(H,23,26)(H2,22,24,25). The van der Waals surface area contributed by atoms with Crippen LogP contribution in [0.2, 0.25) is 0 Å². The average molecular weight is 385 g/mol. The molecule has 1 aromatic carbocycles. The molecule has 1 aromatic heterocycles. The molecule has 1 aliphatic rings. The number of carbonyl (C=O) groups is 1. The van der Waals surface area contributed by atoms with E-state index in [2.05, 4.69) is 51.3 Å². The molecule has 1 heterocycles. The normalized spacial score (nSPS) is 15.7. The summed E-state index contributed by atoms with van der Waals surface area (Å²) in [6.45, 7) is 2.31. The van der Waals surface area contributed by atoms with Crippen molar-refractivity contribution < 1.29 is 4.79 Å². The predicted molar refractivity (Wildman–Crippen MR) is 113 cm³/mol. The van der Waals surface area contributed by atoms with Crippen LogP contribution < -0.4 is 16.0 Å². The lowest BCUT2D eigenvalue weighted by Crippen LogP contribution is -2.49. The van der Waals surface area contributed by atoms with Gasteiger partial charge in [-0.1, -0.05) is 42.8 Å². The second-order valence-corrected chi connectivity index (χ2v) is 7.89. The van der Waals surface area contributed by atoms with Crippen molar-refractivity contribution in [2.75, 3.05) is 26.7 Å². The molecule has 27 heavy (non-hydrogen) atoms. The van der Waals surface area contributed by atoms with Gasteiger partial charge in [0.25, 0.3) is 5.91 Å². The molecule has 144 valence electrons. The fourth-order valence-electron chi connectivity index (χ4n) is 3.43. The lowest BCUT2D eigenvalue weighted by molar-refractivity contribution is 0.0957. The number of hydrogen-bond acceptors (Lipinski definition) is 3. The summed E-state index contributed by atoms with van der Waals surface area (Å²) >= 11 is 1.46. The van der Waals surface area contributed by atoms with Gasteiger partial charge in [-0.2, -0.15) is 0 Å². The third-order valence-corrected chi connectivity index (χ3v) is 6.06. The molecule has 0 radical (unpaired) electrons. The topological polar surface area (TPSA) is 65.5 Å². The maximum atomic E-state index is 11.9. The minimum absolute atomic E-state index is 0.00212. The summed E-state index contributed by atoms with van der Waals surface area (Å²) in [5.41, 5.74) is 1.64. The Labute approximate surface area is 165 Å². The SMILES string of the molecule is CN=C(NCCCNC(=O)c1cccs1)NCC1(c2ccccc2)CCC1. The highest BCUT2D eigenvalue weighted by molar-refractivity contribution is 7.12. The van der Waals surface area contributed by atoms with Gasteiger partial charge < -0.3 is 16.0 Å². The van der Waals surface area contributed by atoms with E-state index in [1.54, 1.807) is 7.05 Å². The van der Waals surface area contributed by atoms with E-state index in [-0.39, 0.29) is 11.3 Å². The number of benzene rings is 1. The number of rotatable bonds is 8. The zero-order valence-electron chi connectivity index (χ0n) is 15.8. The highest BCUT2D eigenvalue weighted by Gasteiger charge is 2.38. The minimum Gasteiger partial charge on any atom is -0.356 e. The molecule has 6 heteroatoms. The van der Waals surface area contributed by atoms with Crippen LogP contribution in [0.3, 0.4) is 0 Å². The predicted octanol–water partition coefficient (Wildman–Crippen LogP) is 3.15. The van der Waals surface area contributed by atoms with Gasteiger partial charge >= 0.3 is 0 Å². The summed E-state index contributed by atoms with van der Waals surface area (Å²) in [7, 11) is 1.80. The molecule has 1 amide bonds. The van der Waals surface area contributed by atoms with Gasteiger partial charge in [0.05, 0.1) is 4.88 Å². The molecule has 0 saturated heterocycles. The largest absolute Gasteiger partial charge is 0.356 e. The van der Waals surface area contributed by atoms with Crippen molar-refractivity contribution in [2.45, 2.75) is 31.1 Å². The van der Waals surface area contributed by atoms with E-state index in [9.17, 15) is 4.79 Å². The summed E-state index contributed by atoms with van der Waals surface area (Å²) in [5.74, 6) is 0.823. The van der Waals surface area contributed by atoms with Crippen LogP contribution in [0, 0.1) is 0 Å². The molecule has 3 rings (SSSR count). The molecule has 0 spiro atoms. The van der Waals surface area contributed by atoms with Gasteiger partial charge in [0, 0.05) is 32.1 Å². The Kier molecular flexibility index (Phi) is 6.87. The van der Waals surface area contributed by atoms with E-state index in [4.69, 9.17) is 0 Å². The smallest absolute Gasteiger partial charge is 0.261 e. The minimum atomic E-state index is 0.00212. The molecule has 3 N–H and O–H groups in total. The third-order valence-electron chi connectivity index (χ3n) is 5.19. The van der Waals surface area contributed by atoms with Crippen molar-refractivity contribution in [3.63, 3.8) is 0 Å². The molecular formula is C21H28N4OS. The van der Waals surface area contributed by atoms with Gasteiger partial charge in [0.15, 0.2) is 5.96 Å². The van der Waals surface area contributed by atoms with Crippen LogP contribution >= 0.6 is 11.3 Å². The Morgan fingerprint density at radius 3 is 2.48 bits per heavy atom. The number of aliphatic imine (C=N–C) groups is 1. The van der Waals surface area contributed by atoms with Crippen LogP contribution in [0.1, 0.15) is 40.9 Å². The zero-order chi connectivity index (χ0) is 19.0. The first-order valence-corrected chi connectivity index (χ1v) is 10.4. The fraction of sp³-hybridized carbons (Fsp3) is 0.429. The molecule has 1 fully saturated rings. The molecule has 1 aliphatic carbocycles. The van der Waals surface area contributed by atoms with Crippen molar-refractivity contribution in [2.24, 2.45) is 4.99 Å². The second-order valence-electron chi connectivity index (χ2n) is 6.94. The van der Waals surface area contributed by atoms with Crippen molar-refractivity contribution in [3.8, 4) is 0 Å². The number of thiophene rings is 1. The molecule has 0 aliphatic heterocycles. The fourth-order valence-corrected chi connectivity index (χ4v) is 4.07. The Bertz CT molecular complexity index is 739. The van der Waals surface area contributed by atoms with Gasteiger partial charge in [-0.15, -0.1) is 11.3 Å². The Morgan fingerprint density at radius 1 is 1.07 bits per heavy atom. The Hall–Kier alpha value is -2.34. The third kappa shape index (κ3) is 5.10. The first-order chi connectivity index (χ1) is 13.2. The Balaban J connectivity index is 1.38. The summed E-state index contributed by atoms with van der Waals surface area (Å²) in [6.07, 6.45) is 4.57. The zero-order valence-corrected chi connectivity index (χ0v) is 16.6. The van der Waals surface area contributed by atoms with Crippen molar-refractivity contribution in [3.05, 3.63) is 58.3 Å². The maximum Gasteiger partial charge on any atom is 0.261 e. The summed E-state index contributed by atoms with van der Waals surface area (Å²) < 4.78 is 0. The summed E-state index contributed by atoms with van der Waals surface area (Å²) in [6, 6.07) is 14.5. The average Bonchev–Trinajstić information content (AvgIpc) is 3.21. The van der Waals surface area contributed by atoms with Crippen LogP contribution in [-0.4, -0.2) is 38.5 Å². The molecule has 0 unspecified atom stereocenters. The lowest BCUT2D eigenvalue weighted by atomic mass is 9.64. The van der Waals surface area contributed by atoms with E-state index in [1.165, 1.54) is 36.2 Å². The number of amides is 1. The van der Waals surface area contributed by atoms with Crippen LogP contribution in [0.25, 0.3) is 0 Å². The van der Waals surface area contributed by atoms with Gasteiger partial charge in [0.2, 0.25) is 0 Å². The van der Waals surface area contributed by atoms with Crippen molar-refractivity contribution in [1.29, 1.82) is 0 Å². The number of guanidine groups is 1. The summed E-state index contributed by atoms with van der Waals surface area (Å²) in [5, 5.41) is 11.7. The van der Waals surface area contributed by atoms with Crippen LogP contribution in [0.15, 0.2) is 52.8 Å². The lowest BCUT2D eigenvalue weighted by Gasteiger charge is -2.43. The van der Waals surface area contributed by atoms with E-state index in [0.29, 0.717) is 6.54 Å². The first-order valence-electron chi connectivity index (χ1n) is 9.55. The highest BCUT2D eigenvalue weighted by Crippen LogP contribution is 2.43. The molecule has 2 aromatic rings. The molecule has 5 nitrogen and oxygen atoms in total. The summed E-state index contributed by atoms with van der Waals surface area (Å²) in [4.78, 5) is 17.0.